The zero-order valence-electron chi connectivity index (χ0n) is 18.3. The molecule has 6 nitrogen and oxygen atoms in total. The van der Waals surface area contributed by atoms with Gasteiger partial charge in [0.05, 0.1) is 5.52 Å². The minimum atomic E-state index is 0.589. The van der Waals surface area contributed by atoms with Crippen molar-refractivity contribution in [2.75, 3.05) is 29.0 Å². The van der Waals surface area contributed by atoms with Crippen LogP contribution in [0.25, 0.3) is 10.9 Å². The highest BCUT2D eigenvalue weighted by Gasteiger charge is 2.23. The maximum absolute atomic E-state index is 6.54. The van der Waals surface area contributed by atoms with Crippen molar-refractivity contribution >= 4 is 33.9 Å². The second kappa shape index (κ2) is 8.83. The standard InChI is InChI=1S/C26H28N6/c1-18-10-11-21-22(30-18)8-5-9-23(21)31-25-24(27)26(29-17-28-25)32-14-12-20(13-15-32)16-19-6-3-2-4-7-19/h2-11,17,20H,12-16,27H2,1H3,(H,28,29,31). The molecule has 5 rings (SSSR count). The van der Waals surface area contributed by atoms with Gasteiger partial charge in [-0.25, -0.2) is 9.97 Å². The summed E-state index contributed by atoms with van der Waals surface area (Å²) < 4.78 is 0. The molecule has 1 aliphatic rings. The summed E-state index contributed by atoms with van der Waals surface area (Å²) in [5.74, 6) is 2.14. The van der Waals surface area contributed by atoms with Crippen LogP contribution in [0.15, 0.2) is 67.0 Å². The first-order valence-corrected chi connectivity index (χ1v) is 11.2. The Kier molecular flexibility index (Phi) is 5.58. The highest BCUT2D eigenvalue weighted by atomic mass is 15.2. The zero-order valence-corrected chi connectivity index (χ0v) is 18.3. The number of nitrogens with one attached hydrogen (secondary N) is 1. The average Bonchev–Trinajstić information content (AvgIpc) is 2.82. The molecule has 0 aliphatic carbocycles. The molecular weight excluding hydrogens is 396 g/mol. The minimum absolute atomic E-state index is 0.589. The first-order chi connectivity index (χ1) is 15.7. The predicted octanol–water partition coefficient (Wildman–Crippen LogP) is 5.12. The van der Waals surface area contributed by atoms with E-state index in [0.29, 0.717) is 17.4 Å². The van der Waals surface area contributed by atoms with Crippen LogP contribution < -0.4 is 16.0 Å². The molecule has 0 bridgehead atoms. The maximum Gasteiger partial charge on any atom is 0.159 e. The second-order valence-electron chi connectivity index (χ2n) is 8.53. The van der Waals surface area contributed by atoms with Gasteiger partial charge in [0.1, 0.15) is 12.0 Å². The van der Waals surface area contributed by atoms with E-state index in [1.807, 2.05) is 31.2 Å². The molecule has 3 heterocycles. The van der Waals surface area contributed by atoms with E-state index in [1.54, 1.807) is 6.33 Å². The first kappa shape index (κ1) is 20.2. The van der Waals surface area contributed by atoms with Crippen molar-refractivity contribution in [3.05, 3.63) is 78.2 Å². The quantitative estimate of drug-likeness (QED) is 0.463. The van der Waals surface area contributed by atoms with E-state index in [1.165, 1.54) is 5.56 Å². The lowest BCUT2D eigenvalue weighted by atomic mass is 9.90. The van der Waals surface area contributed by atoms with Crippen LogP contribution in [0.4, 0.5) is 23.0 Å². The molecule has 162 valence electrons. The molecule has 4 aromatic rings. The lowest BCUT2D eigenvalue weighted by Crippen LogP contribution is -2.35. The van der Waals surface area contributed by atoms with Crippen LogP contribution in [-0.2, 0) is 6.42 Å². The van der Waals surface area contributed by atoms with Crippen LogP contribution in [-0.4, -0.2) is 28.0 Å². The average molecular weight is 425 g/mol. The lowest BCUT2D eigenvalue weighted by Gasteiger charge is -2.33. The Morgan fingerprint density at radius 1 is 0.969 bits per heavy atom. The molecule has 0 radical (unpaired) electrons. The molecule has 3 N–H and O–H groups in total. The Bertz CT molecular complexity index is 1220. The molecule has 2 aromatic carbocycles. The number of nitrogens with two attached hydrogens (primary N) is 1. The molecule has 6 heteroatoms. The van der Waals surface area contributed by atoms with Gasteiger partial charge in [0, 0.05) is 29.9 Å². The largest absolute Gasteiger partial charge is 0.393 e. The number of anilines is 4. The number of nitrogen functional groups attached to an aromatic ring is 1. The highest BCUT2D eigenvalue weighted by molar-refractivity contribution is 5.94. The molecular formula is C26H28N6. The fourth-order valence-electron chi connectivity index (χ4n) is 4.53. The van der Waals surface area contributed by atoms with Gasteiger partial charge in [-0.1, -0.05) is 36.4 Å². The predicted molar refractivity (Wildman–Crippen MR) is 131 cm³/mol. The summed E-state index contributed by atoms with van der Waals surface area (Å²) in [6.45, 7) is 3.91. The second-order valence-corrected chi connectivity index (χ2v) is 8.53. The third-order valence-electron chi connectivity index (χ3n) is 6.27. The van der Waals surface area contributed by atoms with Crippen molar-refractivity contribution in [1.29, 1.82) is 0 Å². The number of hydrogen-bond donors (Lipinski definition) is 2. The number of nitrogens with zero attached hydrogens (tertiary/aromatic N) is 4. The SMILES string of the molecule is Cc1ccc2c(Nc3ncnc(N4CCC(Cc5ccccc5)CC4)c3N)cccc2n1. The smallest absolute Gasteiger partial charge is 0.159 e. The number of hydrogen-bond acceptors (Lipinski definition) is 6. The Morgan fingerprint density at radius 2 is 1.78 bits per heavy atom. The summed E-state index contributed by atoms with van der Waals surface area (Å²) in [5, 5.41) is 4.45. The van der Waals surface area contributed by atoms with E-state index in [4.69, 9.17) is 5.73 Å². The Hall–Kier alpha value is -3.67. The van der Waals surface area contributed by atoms with Gasteiger partial charge in [-0.15, -0.1) is 0 Å². The zero-order chi connectivity index (χ0) is 21.9. The number of aromatic nitrogens is 3. The maximum atomic E-state index is 6.54. The molecule has 0 unspecified atom stereocenters. The number of piperidine rings is 1. The fraction of sp³-hybridized carbons (Fsp3) is 0.269. The Morgan fingerprint density at radius 3 is 2.59 bits per heavy atom. The third kappa shape index (κ3) is 4.21. The van der Waals surface area contributed by atoms with E-state index in [9.17, 15) is 0 Å². The molecule has 2 aromatic heterocycles. The number of pyridine rings is 1. The van der Waals surface area contributed by atoms with Crippen LogP contribution >= 0.6 is 0 Å². The summed E-state index contributed by atoms with van der Waals surface area (Å²) in [5.41, 5.74) is 11.4. The van der Waals surface area contributed by atoms with Gasteiger partial charge in [0.2, 0.25) is 0 Å². The Labute approximate surface area is 188 Å². The van der Waals surface area contributed by atoms with Gasteiger partial charge in [-0.05, 0) is 61.9 Å². The van der Waals surface area contributed by atoms with Crippen LogP contribution in [0.1, 0.15) is 24.1 Å². The molecule has 0 amide bonds. The van der Waals surface area contributed by atoms with Gasteiger partial charge >= 0.3 is 0 Å². The highest BCUT2D eigenvalue weighted by Crippen LogP contribution is 2.33. The topological polar surface area (TPSA) is 80.0 Å². The van der Waals surface area contributed by atoms with Crippen LogP contribution in [0.3, 0.4) is 0 Å². The fourth-order valence-corrected chi connectivity index (χ4v) is 4.53. The van der Waals surface area contributed by atoms with E-state index in [2.05, 4.69) is 61.6 Å². The van der Waals surface area contributed by atoms with Crippen molar-refractivity contribution in [2.24, 2.45) is 5.92 Å². The Balaban J connectivity index is 1.32. The number of rotatable bonds is 5. The summed E-state index contributed by atoms with van der Waals surface area (Å²) in [6, 6.07) is 20.9. The van der Waals surface area contributed by atoms with Crippen LogP contribution in [0.5, 0.6) is 0 Å². The van der Waals surface area contributed by atoms with E-state index >= 15 is 0 Å². The van der Waals surface area contributed by atoms with E-state index in [-0.39, 0.29) is 0 Å². The van der Waals surface area contributed by atoms with Gasteiger partial charge in [-0.3, -0.25) is 4.98 Å². The molecule has 1 aliphatic heterocycles. The summed E-state index contributed by atoms with van der Waals surface area (Å²) in [6.07, 6.45) is 5.00. The number of fused-ring (bicyclic) bond motifs is 1. The molecule has 0 saturated carbocycles. The molecule has 1 fully saturated rings. The van der Waals surface area contributed by atoms with Gasteiger partial charge in [0.25, 0.3) is 0 Å². The van der Waals surface area contributed by atoms with Crippen molar-refractivity contribution in [1.82, 2.24) is 15.0 Å². The monoisotopic (exact) mass is 424 g/mol. The van der Waals surface area contributed by atoms with E-state index in [0.717, 1.165) is 60.5 Å². The third-order valence-corrected chi connectivity index (χ3v) is 6.27. The van der Waals surface area contributed by atoms with Crippen molar-refractivity contribution in [3.63, 3.8) is 0 Å². The molecule has 32 heavy (non-hydrogen) atoms. The van der Waals surface area contributed by atoms with Crippen molar-refractivity contribution < 1.29 is 0 Å². The van der Waals surface area contributed by atoms with Gasteiger partial charge in [0.15, 0.2) is 11.6 Å². The molecule has 0 spiro atoms. The minimum Gasteiger partial charge on any atom is -0.393 e. The van der Waals surface area contributed by atoms with Crippen molar-refractivity contribution in [3.8, 4) is 0 Å². The van der Waals surface area contributed by atoms with Gasteiger partial charge < -0.3 is 16.0 Å². The van der Waals surface area contributed by atoms with Gasteiger partial charge in [-0.2, -0.15) is 0 Å². The normalized spacial score (nSPS) is 14.6. The molecule has 1 saturated heterocycles. The van der Waals surface area contributed by atoms with Crippen LogP contribution in [0, 0.1) is 12.8 Å². The summed E-state index contributed by atoms with van der Waals surface area (Å²) in [7, 11) is 0. The molecule has 0 atom stereocenters. The summed E-state index contributed by atoms with van der Waals surface area (Å²) in [4.78, 5) is 15.9. The van der Waals surface area contributed by atoms with E-state index < -0.39 is 0 Å². The first-order valence-electron chi connectivity index (χ1n) is 11.2. The summed E-state index contributed by atoms with van der Waals surface area (Å²) >= 11 is 0. The number of aryl methyl sites for hydroxylation is 1. The lowest BCUT2D eigenvalue weighted by molar-refractivity contribution is 0.402. The number of benzene rings is 2. The van der Waals surface area contributed by atoms with Crippen molar-refractivity contribution in [2.45, 2.75) is 26.2 Å². The van der Waals surface area contributed by atoms with Crippen LogP contribution in [0.2, 0.25) is 0 Å².